The second kappa shape index (κ2) is 7.57. The Hall–Kier alpha value is -2.21. The molecular weight excluding hydrogens is 322 g/mol. The third kappa shape index (κ3) is 4.41. The Morgan fingerprint density at radius 2 is 2.17 bits per heavy atom. The smallest absolute Gasteiger partial charge is 0.223 e. The molecule has 2 aromatic heterocycles. The summed E-state index contributed by atoms with van der Waals surface area (Å²) < 4.78 is 0. The zero-order valence-corrected chi connectivity index (χ0v) is 14.4. The van der Waals surface area contributed by atoms with Crippen LogP contribution in [0.1, 0.15) is 34.1 Å². The quantitative estimate of drug-likeness (QED) is 0.811. The van der Waals surface area contributed by atoms with E-state index in [2.05, 4.69) is 34.7 Å². The van der Waals surface area contributed by atoms with Crippen molar-refractivity contribution in [2.24, 2.45) is 5.92 Å². The lowest BCUT2D eigenvalue weighted by molar-refractivity contribution is -0.123. The van der Waals surface area contributed by atoms with Gasteiger partial charge in [-0.2, -0.15) is 0 Å². The standard InChI is InChI=1S/C18H21N3O2S/c1-12-4-5-16(24-12)14-9-15(14)18(23)20-8-6-17(22)21-11-13-3-2-7-19-10-13/h2-5,7,10,14-15H,6,8-9,11H2,1H3,(H,20,23)(H,21,22). The van der Waals surface area contributed by atoms with Crippen LogP contribution in [-0.2, 0) is 16.1 Å². The van der Waals surface area contributed by atoms with Crippen molar-refractivity contribution >= 4 is 23.2 Å². The van der Waals surface area contributed by atoms with Gasteiger partial charge in [-0.3, -0.25) is 14.6 Å². The zero-order valence-electron chi connectivity index (χ0n) is 13.6. The normalized spacial score (nSPS) is 18.9. The van der Waals surface area contributed by atoms with E-state index in [0.717, 1.165) is 12.0 Å². The molecule has 2 unspecified atom stereocenters. The van der Waals surface area contributed by atoms with Gasteiger partial charge in [-0.15, -0.1) is 11.3 Å². The fourth-order valence-corrected chi connectivity index (χ4v) is 3.73. The number of hydrogen-bond donors (Lipinski definition) is 2. The van der Waals surface area contributed by atoms with E-state index in [4.69, 9.17) is 0 Å². The summed E-state index contributed by atoms with van der Waals surface area (Å²) in [5, 5.41) is 5.70. The second-order valence-corrected chi connectivity index (χ2v) is 7.40. The number of nitrogens with one attached hydrogen (secondary N) is 2. The molecule has 2 heterocycles. The minimum Gasteiger partial charge on any atom is -0.355 e. The van der Waals surface area contributed by atoms with Crippen molar-refractivity contribution in [1.82, 2.24) is 15.6 Å². The summed E-state index contributed by atoms with van der Waals surface area (Å²) in [5.74, 6) is 0.427. The number of aryl methyl sites for hydroxylation is 1. The van der Waals surface area contributed by atoms with Gasteiger partial charge in [-0.1, -0.05) is 6.07 Å². The van der Waals surface area contributed by atoms with Crippen molar-refractivity contribution in [1.29, 1.82) is 0 Å². The average Bonchev–Trinajstić information content (AvgIpc) is 3.28. The van der Waals surface area contributed by atoms with Crippen LogP contribution in [0.15, 0.2) is 36.7 Å². The topological polar surface area (TPSA) is 71.1 Å². The van der Waals surface area contributed by atoms with E-state index in [1.807, 2.05) is 12.1 Å². The first-order chi connectivity index (χ1) is 11.6. The molecule has 6 heteroatoms. The molecule has 0 bridgehead atoms. The Labute approximate surface area is 145 Å². The lowest BCUT2D eigenvalue weighted by Gasteiger charge is -2.06. The van der Waals surface area contributed by atoms with E-state index >= 15 is 0 Å². The predicted molar refractivity (Wildman–Crippen MR) is 93.6 cm³/mol. The first kappa shape index (κ1) is 16.6. The van der Waals surface area contributed by atoms with Crippen LogP contribution in [0.25, 0.3) is 0 Å². The molecule has 0 radical (unpaired) electrons. The van der Waals surface area contributed by atoms with E-state index in [1.54, 1.807) is 23.7 Å². The minimum absolute atomic E-state index is 0.0612. The molecule has 1 fully saturated rings. The average molecular weight is 343 g/mol. The van der Waals surface area contributed by atoms with Gasteiger partial charge in [0.25, 0.3) is 0 Å². The first-order valence-electron chi connectivity index (χ1n) is 8.13. The summed E-state index contributed by atoms with van der Waals surface area (Å²) in [6, 6.07) is 7.96. The number of carbonyl (C=O) groups excluding carboxylic acids is 2. The highest BCUT2D eigenvalue weighted by Crippen LogP contribution is 2.49. The molecule has 1 saturated carbocycles. The van der Waals surface area contributed by atoms with Crippen molar-refractivity contribution in [2.75, 3.05) is 6.54 Å². The molecule has 2 atom stereocenters. The van der Waals surface area contributed by atoms with Crippen LogP contribution in [-0.4, -0.2) is 23.3 Å². The lowest BCUT2D eigenvalue weighted by atomic mass is 10.2. The van der Waals surface area contributed by atoms with Crippen LogP contribution in [0.4, 0.5) is 0 Å². The van der Waals surface area contributed by atoms with Crippen molar-refractivity contribution in [3.63, 3.8) is 0 Å². The SMILES string of the molecule is Cc1ccc(C2CC2C(=O)NCCC(=O)NCc2cccnc2)s1. The molecule has 2 amide bonds. The fraction of sp³-hybridized carbons (Fsp3) is 0.389. The summed E-state index contributed by atoms with van der Waals surface area (Å²) in [6.45, 7) is 2.92. The zero-order chi connectivity index (χ0) is 16.9. The number of thiophene rings is 1. The summed E-state index contributed by atoms with van der Waals surface area (Å²) in [6.07, 6.45) is 4.63. The molecule has 0 aromatic carbocycles. The molecule has 3 rings (SSSR count). The fourth-order valence-electron chi connectivity index (χ4n) is 2.67. The van der Waals surface area contributed by atoms with Crippen LogP contribution < -0.4 is 10.6 Å². The maximum Gasteiger partial charge on any atom is 0.223 e. The van der Waals surface area contributed by atoms with Crippen LogP contribution in [0.2, 0.25) is 0 Å². The summed E-state index contributed by atoms with van der Waals surface area (Å²) in [4.78, 5) is 30.5. The first-order valence-corrected chi connectivity index (χ1v) is 8.95. The Morgan fingerprint density at radius 1 is 1.29 bits per heavy atom. The molecule has 126 valence electrons. The number of rotatable bonds is 7. The molecule has 2 N–H and O–H groups in total. The Morgan fingerprint density at radius 3 is 2.88 bits per heavy atom. The highest BCUT2D eigenvalue weighted by molar-refractivity contribution is 7.12. The third-order valence-electron chi connectivity index (χ3n) is 4.12. The van der Waals surface area contributed by atoms with Gasteiger partial charge < -0.3 is 10.6 Å². The number of nitrogens with zero attached hydrogens (tertiary/aromatic N) is 1. The predicted octanol–water partition coefficient (Wildman–Crippen LogP) is 2.38. The molecule has 1 aliphatic carbocycles. The summed E-state index contributed by atoms with van der Waals surface area (Å²) in [7, 11) is 0. The van der Waals surface area contributed by atoms with Gasteiger partial charge in [0, 0.05) is 53.5 Å². The van der Waals surface area contributed by atoms with Crippen molar-refractivity contribution in [3.8, 4) is 0 Å². The van der Waals surface area contributed by atoms with E-state index < -0.39 is 0 Å². The van der Waals surface area contributed by atoms with Gasteiger partial charge in [-0.05, 0) is 37.1 Å². The van der Waals surface area contributed by atoms with Gasteiger partial charge in [0.15, 0.2) is 0 Å². The van der Waals surface area contributed by atoms with Gasteiger partial charge in [0.05, 0.1) is 0 Å². The molecule has 5 nitrogen and oxygen atoms in total. The monoisotopic (exact) mass is 343 g/mol. The molecule has 0 spiro atoms. The number of aromatic nitrogens is 1. The van der Waals surface area contributed by atoms with E-state index in [-0.39, 0.29) is 17.7 Å². The molecule has 0 aliphatic heterocycles. The maximum atomic E-state index is 12.1. The van der Waals surface area contributed by atoms with Gasteiger partial charge in [-0.25, -0.2) is 0 Å². The van der Waals surface area contributed by atoms with Crippen LogP contribution in [0.5, 0.6) is 0 Å². The largest absolute Gasteiger partial charge is 0.355 e. The summed E-state index contributed by atoms with van der Waals surface area (Å²) in [5.41, 5.74) is 0.960. The Kier molecular flexibility index (Phi) is 5.25. The Bertz CT molecular complexity index is 714. The van der Waals surface area contributed by atoms with Gasteiger partial charge >= 0.3 is 0 Å². The summed E-state index contributed by atoms with van der Waals surface area (Å²) >= 11 is 1.76. The minimum atomic E-state index is -0.0691. The molecule has 1 aliphatic rings. The maximum absolute atomic E-state index is 12.1. The highest BCUT2D eigenvalue weighted by atomic mass is 32.1. The Balaban J connectivity index is 1.33. The van der Waals surface area contributed by atoms with Crippen molar-refractivity contribution in [3.05, 3.63) is 52.0 Å². The van der Waals surface area contributed by atoms with E-state index in [9.17, 15) is 9.59 Å². The number of carbonyl (C=O) groups is 2. The molecule has 0 saturated heterocycles. The molecular formula is C18H21N3O2S. The van der Waals surface area contributed by atoms with E-state index in [0.29, 0.717) is 25.4 Å². The van der Waals surface area contributed by atoms with Crippen molar-refractivity contribution < 1.29 is 9.59 Å². The number of hydrogen-bond acceptors (Lipinski definition) is 4. The van der Waals surface area contributed by atoms with Crippen LogP contribution in [0, 0.1) is 12.8 Å². The number of pyridine rings is 1. The van der Waals surface area contributed by atoms with Gasteiger partial charge in [0.2, 0.25) is 11.8 Å². The van der Waals surface area contributed by atoms with Crippen molar-refractivity contribution in [2.45, 2.75) is 32.2 Å². The van der Waals surface area contributed by atoms with Gasteiger partial charge in [0.1, 0.15) is 0 Å². The third-order valence-corrected chi connectivity index (χ3v) is 5.25. The van der Waals surface area contributed by atoms with Crippen LogP contribution in [0.3, 0.4) is 0 Å². The van der Waals surface area contributed by atoms with E-state index in [1.165, 1.54) is 9.75 Å². The number of amides is 2. The van der Waals surface area contributed by atoms with Crippen LogP contribution >= 0.6 is 11.3 Å². The molecule has 2 aromatic rings. The molecule has 24 heavy (non-hydrogen) atoms. The lowest BCUT2D eigenvalue weighted by Crippen LogP contribution is -2.31. The highest BCUT2D eigenvalue weighted by Gasteiger charge is 2.44. The second-order valence-electron chi connectivity index (χ2n) is 6.08.